The fourth-order valence-electron chi connectivity index (χ4n) is 2.44. The summed E-state index contributed by atoms with van der Waals surface area (Å²) in [5.41, 5.74) is 2.88. The molecule has 0 aliphatic carbocycles. The average molecular weight is 205 g/mol. The first-order chi connectivity index (χ1) is 7.01. The molecule has 0 amide bonds. The second-order valence-corrected chi connectivity index (χ2v) is 4.84. The van der Waals surface area contributed by atoms with Gasteiger partial charge in [0.15, 0.2) is 0 Å². The summed E-state index contributed by atoms with van der Waals surface area (Å²) in [5.74, 6) is 0. The van der Waals surface area contributed by atoms with Crippen LogP contribution >= 0.6 is 0 Å². The van der Waals surface area contributed by atoms with Gasteiger partial charge in [-0.25, -0.2) is 0 Å². The number of β-amino-alcohol motifs (C(OH)–C–C–N with tert-alkyl or cyclic N) is 1. The highest BCUT2D eigenvalue weighted by molar-refractivity contribution is 5.36. The molecule has 2 rings (SSSR count). The van der Waals surface area contributed by atoms with Crippen molar-refractivity contribution in [1.82, 2.24) is 4.90 Å². The molecule has 0 radical (unpaired) electrons. The molecule has 0 saturated carbocycles. The minimum Gasteiger partial charge on any atom is -0.384 e. The lowest BCUT2D eigenvalue weighted by Crippen LogP contribution is -2.30. The third-order valence-corrected chi connectivity index (χ3v) is 3.33. The number of rotatable bonds is 1. The Morgan fingerprint density at radius 2 is 2.07 bits per heavy atom. The van der Waals surface area contributed by atoms with Crippen LogP contribution in [0.1, 0.15) is 23.1 Å². The molecule has 1 aliphatic rings. The molecule has 1 aromatic carbocycles. The maximum absolute atomic E-state index is 10.6. The molecule has 1 fully saturated rings. The van der Waals surface area contributed by atoms with E-state index in [1.54, 1.807) is 0 Å². The first kappa shape index (κ1) is 10.7. The molecule has 2 nitrogen and oxygen atoms in total. The number of nitrogens with zero attached hydrogens (tertiary/aromatic N) is 1. The van der Waals surface area contributed by atoms with Crippen molar-refractivity contribution in [2.45, 2.75) is 25.9 Å². The largest absolute Gasteiger partial charge is 0.384 e. The van der Waals surface area contributed by atoms with Gasteiger partial charge in [0.1, 0.15) is 5.60 Å². The quantitative estimate of drug-likeness (QED) is 0.756. The summed E-state index contributed by atoms with van der Waals surface area (Å²) in [6, 6.07) is 6.32. The van der Waals surface area contributed by atoms with E-state index in [9.17, 15) is 5.11 Å². The summed E-state index contributed by atoms with van der Waals surface area (Å²) in [5, 5.41) is 10.6. The van der Waals surface area contributed by atoms with E-state index in [-0.39, 0.29) is 0 Å². The molecule has 1 aromatic rings. The Kier molecular flexibility index (Phi) is 2.57. The second-order valence-electron chi connectivity index (χ2n) is 4.84. The van der Waals surface area contributed by atoms with Crippen LogP contribution in [0, 0.1) is 13.8 Å². The van der Waals surface area contributed by atoms with Gasteiger partial charge in [-0.2, -0.15) is 0 Å². The molecule has 0 aromatic heterocycles. The van der Waals surface area contributed by atoms with Crippen LogP contribution in [0.15, 0.2) is 18.2 Å². The summed E-state index contributed by atoms with van der Waals surface area (Å²) in [7, 11) is 2.06. The first-order valence-electron chi connectivity index (χ1n) is 5.50. The van der Waals surface area contributed by atoms with Gasteiger partial charge in [0.25, 0.3) is 0 Å². The average Bonchev–Trinajstić information content (AvgIpc) is 2.52. The molecule has 1 saturated heterocycles. The van der Waals surface area contributed by atoms with Crippen LogP contribution in [-0.4, -0.2) is 30.1 Å². The van der Waals surface area contributed by atoms with Gasteiger partial charge in [-0.3, -0.25) is 0 Å². The number of likely N-dealkylation sites (tertiary alicyclic amines) is 1. The van der Waals surface area contributed by atoms with Gasteiger partial charge in [-0.05, 0) is 38.4 Å². The van der Waals surface area contributed by atoms with E-state index in [1.165, 1.54) is 11.1 Å². The lowest BCUT2D eigenvalue weighted by Gasteiger charge is -2.25. The van der Waals surface area contributed by atoms with Gasteiger partial charge in [0.2, 0.25) is 0 Å². The second kappa shape index (κ2) is 3.62. The van der Waals surface area contributed by atoms with Crippen LogP contribution in [0.5, 0.6) is 0 Å². The van der Waals surface area contributed by atoms with Crippen LogP contribution < -0.4 is 0 Å². The van der Waals surface area contributed by atoms with Gasteiger partial charge in [0.05, 0.1) is 0 Å². The highest BCUT2D eigenvalue weighted by atomic mass is 16.3. The van der Waals surface area contributed by atoms with Crippen molar-refractivity contribution in [2.24, 2.45) is 0 Å². The fourth-order valence-corrected chi connectivity index (χ4v) is 2.44. The molecule has 1 unspecified atom stereocenters. The summed E-state index contributed by atoms with van der Waals surface area (Å²) in [6.07, 6.45) is 0.841. The predicted octanol–water partition coefficient (Wildman–Crippen LogP) is 1.83. The standard InChI is InChI=1S/C13H19NO/c1-10-4-5-11(2)12(8-10)13(15)6-7-14(3)9-13/h4-5,8,15H,6-7,9H2,1-3H3. The normalized spacial score (nSPS) is 27.2. The Balaban J connectivity index is 2.40. The number of likely N-dealkylation sites (N-methyl/N-ethyl adjacent to an activating group) is 1. The zero-order valence-electron chi connectivity index (χ0n) is 9.75. The van der Waals surface area contributed by atoms with Crippen LogP contribution in [0.3, 0.4) is 0 Å². The van der Waals surface area contributed by atoms with Gasteiger partial charge < -0.3 is 10.0 Å². The Morgan fingerprint density at radius 3 is 2.67 bits per heavy atom. The number of aliphatic hydroxyl groups is 1. The first-order valence-corrected chi connectivity index (χ1v) is 5.50. The summed E-state index contributed by atoms with van der Waals surface area (Å²) < 4.78 is 0. The van der Waals surface area contributed by atoms with Crippen LogP contribution in [-0.2, 0) is 5.60 Å². The molecular weight excluding hydrogens is 186 g/mol. The molecule has 1 aliphatic heterocycles. The van der Waals surface area contributed by atoms with Gasteiger partial charge in [-0.1, -0.05) is 23.8 Å². The molecular formula is C13H19NO. The van der Waals surface area contributed by atoms with Gasteiger partial charge >= 0.3 is 0 Å². The van der Waals surface area contributed by atoms with E-state index in [4.69, 9.17) is 0 Å². The monoisotopic (exact) mass is 205 g/mol. The molecule has 0 bridgehead atoms. The van der Waals surface area contributed by atoms with Crippen molar-refractivity contribution in [3.63, 3.8) is 0 Å². The van der Waals surface area contributed by atoms with Crippen molar-refractivity contribution in [3.8, 4) is 0 Å². The highest BCUT2D eigenvalue weighted by Gasteiger charge is 2.36. The molecule has 2 heteroatoms. The Bertz CT molecular complexity index is 375. The Labute approximate surface area is 91.5 Å². The lowest BCUT2D eigenvalue weighted by molar-refractivity contribution is 0.0482. The van der Waals surface area contributed by atoms with Gasteiger partial charge in [-0.15, -0.1) is 0 Å². The minimum atomic E-state index is -0.634. The number of hydrogen-bond acceptors (Lipinski definition) is 2. The van der Waals surface area contributed by atoms with Crippen molar-refractivity contribution < 1.29 is 5.11 Å². The van der Waals surface area contributed by atoms with E-state index in [1.807, 2.05) is 0 Å². The molecule has 1 heterocycles. The molecule has 15 heavy (non-hydrogen) atoms. The SMILES string of the molecule is Cc1ccc(C)c(C2(O)CCN(C)C2)c1. The zero-order valence-corrected chi connectivity index (χ0v) is 9.75. The zero-order chi connectivity index (χ0) is 11.1. The summed E-state index contributed by atoms with van der Waals surface area (Å²) >= 11 is 0. The van der Waals surface area contributed by atoms with Crippen molar-refractivity contribution in [2.75, 3.05) is 20.1 Å². The summed E-state index contributed by atoms with van der Waals surface area (Å²) in [6.45, 7) is 5.87. The highest BCUT2D eigenvalue weighted by Crippen LogP contribution is 2.33. The number of aryl methyl sites for hydroxylation is 2. The number of benzene rings is 1. The van der Waals surface area contributed by atoms with E-state index >= 15 is 0 Å². The third-order valence-electron chi connectivity index (χ3n) is 3.33. The van der Waals surface area contributed by atoms with Gasteiger partial charge in [0, 0.05) is 13.1 Å². The summed E-state index contributed by atoms with van der Waals surface area (Å²) in [4.78, 5) is 2.18. The Hall–Kier alpha value is -0.860. The van der Waals surface area contributed by atoms with E-state index in [0.29, 0.717) is 0 Å². The van der Waals surface area contributed by atoms with Crippen molar-refractivity contribution in [1.29, 1.82) is 0 Å². The minimum absolute atomic E-state index is 0.634. The topological polar surface area (TPSA) is 23.5 Å². The smallest absolute Gasteiger partial charge is 0.104 e. The third kappa shape index (κ3) is 1.92. The van der Waals surface area contributed by atoms with Crippen LogP contribution in [0.4, 0.5) is 0 Å². The molecule has 0 spiro atoms. The van der Waals surface area contributed by atoms with E-state index in [2.05, 4.69) is 44.0 Å². The lowest BCUT2D eigenvalue weighted by atomic mass is 9.88. The van der Waals surface area contributed by atoms with Crippen molar-refractivity contribution in [3.05, 3.63) is 34.9 Å². The maximum Gasteiger partial charge on any atom is 0.104 e. The molecule has 1 atom stereocenters. The number of hydrogen-bond donors (Lipinski definition) is 1. The molecule has 1 N–H and O–H groups in total. The fraction of sp³-hybridized carbons (Fsp3) is 0.538. The maximum atomic E-state index is 10.6. The predicted molar refractivity (Wildman–Crippen MR) is 61.9 cm³/mol. The van der Waals surface area contributed by atoms with Crippen molar-refractivity contribution >= 4 is 0 Å². The van der Waals surface area contributed by atoms with Crippen LogP contribution in [0.25, 0.3) is 0 Å². The van der Waals surface area contributed by atoms with E-state index < -0.39 is 5.60 Å². The van der Waals surface area contributed by atoms with Crippen LogP contribution in [0.2, 0.25) is 0 Å². The van der Waals surface area contributed by atoms with E-state index in [0.717, 1.165) is 25.1 Å². The Morgan fingerprint density at radius 1 is 1.33 bits per heavy atom. The molecule has 82 valence electrons.